The van der Waals surface area contributed by atoms with Gasteiger partial charge in [0.2, 0.25) is 0 Å². The van der Waals surface area contributed by atoms with Crippen LogP contribution in [0.3, 0.4) is 0 Å². The van der Waals surface area contributed by atoms with Crippen molar-refractivity contribution < 1.29 is 4.74 Å². The first-order valence-corrected chi connectivity index (χ1v) is 22.4. The van der Waals surface area contributed by atoms with Crippen molar-refractivity contribution in [2.45, 2.75) is 52.4 Å². The fourth-order valence-electron chi connectivity index (χ4n) is 10.2. The van der Waals surface area contributed by atoms with Crippen molar-refractivity contribution in [3.05, 3.63) is 187 Å². The zero-order valence-corrected chi connectivity index (χ0v) is 37.0. The predicted molar refractivity (Wildman–Crippen MR) is 268 cm³/mol. The van der Waals surface area contributed by atoms with Crippen LogP contribution >= 0.6 is 0 Å². The molecule has 0 amide bonds. The summed E-state index contributed by atoms with van der Waals surface area (Å²) in [5, 5.41) is 15.2. The van der Waals surface area contributed by atoms with Crippen LogP contribution in [0.1, 0.15) is 52.7 Å². The van der Waals surface area contributed by atoms with Crippen molar-refractivity contribution in [1.29, 1.82) is 0 Å². The van der Waals surface area contributed by atoms with E-state index in [1.165, 1.54) is 54.8 Å². The van der Waals surface area contributed by atoms with Gasteiger partial charge in [0.05, 0.1) is 5.69 Å². The Morgan fingerprint density at radius 3 is 1.61 bits per heavy atom. The molecule has 0 spiro atoms. The quantitative estimate of drug-likeness (QED) is 0.131. The molecule has 6 heteroatoms. The van der Waals surface area contributed by atoms with Crippen LogP contribution in [0.2, 0.25) is 0 Å². The Morgan fingerprint density at radius 1 is 0.438 bits per heavy atom. The fraction of sp³-hybridized carbons (Fsp3) is 0.138. The second kappa shape index (κ2) is 14.0. The van der Waals surface area contributed by atoms with Crippen LogP contribution in [0.5, 0.6) is 11.5 Å². The number of hydrogen-bond donors (Lipinski definition) is 0. The Kier molecular flexibility index (Phi) is 8.39. The van der Waals surface area contributed by atoms with Crippen LogP contribution in [0.4, 0.5) is 17.1 Å². The van der Waals surface area contributed by atoms with Crippen molar-refractivity contribution in [1.82, 2.24) is 15.0 Å². The molecule has 0 N–H and O–H groups in total. The number of para-hydroxylation sites is 1. The average molecular weight is 827 g/mol. The lowest BCUT2D eigenvalue weighted by Crippen LogP contribution is -2.59. The molecule has 1 aromatic heterocycles. The Morgan fingerprint density at radius 2 is 1.00 bits per heavy atom. The van der Waals surface area contributed by atoms with E-state index in [0.717, 1.165) is 61.8 Å². The highest BCUT2D eigenvalue weighted by Gasteiger charge is 2.43. The summed E-state index contributed by atoms with van der Waals surface area (Å²) >= 11 is 0. The van der Waals surface area contributed by atoms with Gasteiger partial charge in [0.1, 0.15) is 22.5 Å². The minimum atomic E-state index is -0.136. The Hall–Kier alpha value is -7.44. The molecular weight excluding hydrogens is 779 g/mol. The van der Waals surface area contributed by atoms with E-state index in [0.29, 0.717) is 0 Å². The molecule has 0 fully saturated rings. The van der Waals surface area contributed by atoms with Gasteiger partial charge in [-0.05, 0) is 137 Å². The van der Waals surface area contributed by atoms with Gasteiger partial charge in [-0.3, -0.25) is 0 Å². The van der Waals surface area contributed by atoms with E-state index in [1.807, 2.05) is 0 Å². The maximum Gasteiger partial charge on any atom is 0.256 e. The molecule has 0 saturated heterocycles. The van der Waals surface area contributed by atoms with Gasteiger partial charge in [-0.2, -0.15) is 4.80 Å². The molecule has 10 aromatic rings. The number of ether oxygens (including phenoxy) is 1. The maximum atomic E-state index is 7.26. The van der Waals surface area contributed by atoms with E-state index in [2.05, 4.69) is 222 Å². The number of hydrogen-bond acceptors (Lipinski definition) is 4. The van der Waals surface area contributed by atoms with Crippen LogP contribution in [0.25, 0.3) is 60.5 Å². The number of anilines is 3. The summed E-state index contributed by atoms with van der Waals surface area (Å²) in [6.07, 6.45) is 0. The first kappa shape index (κ1) is 38.3. The van der Waals surface area contributed by atoms with E-state index in [4.69, 9.17) is 14.9 Å². The van der Waals surface area contributed by atoms with E-state index < -0.39 is 0 Å². The van der Waals surface area contributed by atoms with Gasteiger partial charge in [0.15, 0.2) is 0 Å². The molecule has 12 rings (SSSR count). The number of nitrogens with zero attached hydrogens (tertiary/aromatic N) is 4. The van der Waals surface area contributed by atoms with Crippen LogP contribution in [-0.4, -0.2) is 21.7 Å². The molecule has 308 valence electrons. The lowest BCUT2D eigenvalue weighted by molar-refractivity contribution is 0.483. The normalized spacial score (nSPS) is 13.2. The smallest absolute Gasteiger partial charge is 0.256 e. The highest BCUT2D eigenvalue weighted by molar-refractivity contribution is 6.99. The predicted octanol–water partition coefficient (Wildman–Crippen LogP) is 13.1. The molecule has 0 aliphatic carbocycles. The third kappa shape index (κ3) is 6.00. The third-order valence-electron chi connectivity index (χ3n) is 13.4. The van der Waals surface area contributed by atoms with E-state index in [1.54, 1.807) is 4.80 Å². The van der Waals surface area contributed by atoms with Crippen molar-refractivity contribution in [3.8, 4) is 39.4 Å². The van der Waals surface area contributed by atoms with Crippen molar-refractivity contribution in [3.63, 3.8) is 0 Å². The van der Waals surface area contributed by atoms with Crippen LogP contribution < -0.4 is 26.0 Å². The summed E-state index contributed by atoms with van der Waals surface area (Å²) in [5.41, 5.74) is 16.6. The van der Waals surface area contributed by atoms with Gasteiger partial charge in [-0.25, -0.2) is 0 Å². The van der Waals surface area contributed by atoms with Gasteiger partial charge in [0, 0.05) is 17.1 Å². The first-order chi connectivity index (χ1) is 31.0. The van der Waals surface area contributed by atoms with E-state index >= 15 is 0 Å². The minimum absolute atomic E-state index is 0.0524. The van der Waals surface area contributed by atoms with Gasteiger partial charge in [-0.15, -0.1) is 10.2 Å². The van der Waals surface area contributed by atoms with Crippen molar-refractivity contribution in [2.24, 2.45) is 0 Å². The molecule has 5 nitrogen and oxygen atoms in total. The molecule has 0 radical (unpaired) electrons. The summed E-state index contributed by atoms with van der Waals surface area (Å²) in [6, 6.07) is 63.9. The number of aromatic nitrogens is 3. The summed E-state index contributed by atoms with van der Waals surface area (Å²) < 4.78 is 7.26. The molecule has 0 saturated carbocycles. The molecule has 9 aromatic carbocycles. The topological polar surface area (TPSA) is 43.2 Å². The van der Waals surface area contributed by atoms with Crippen LogP contribution in [-0.2, 0) is 10.8 Å². The lowest BCUT2D eigenvalue weighted by Gasteiger charge is -2.41. The molecule has 3 heterocycles. The number of benzene rings is 9. The Bertz CT molecular complexity index is 3430. The molecule has 0 unspecified atom stereocenters. The largest absolute Gasteiger partial charge is 0.458 e. The van der Waals surface area contributed by atoms with Crippen LogP contribution in [0, 0.1) is 0 Å². The highest BCUT2D eigenvalue weighted by atomic mass is 16.5. The SMILES string of the molecule is CC(C)(C)c1ccc(-n2nc3cc4c(cc3n2)N(c2ccccc2)c2cc(C(C)(C)C)cc3c2B4c2ccc(-c4c5ccccc5c(-c5ccccc5)c5ccccc45)cc2O3)cc1. The van der Waals surface area contributed by atoms with Crippen molar-refractivity contribution >= 4 is 72.7 Å². The fourth-order valence-corrected chi connectivity index (χ4v) is 10.2. The van der Waals surface area contributed by atoms with Gasteiger partial charge in [0.25, 0.3) is 6.71 Å². The summed E-state index contributed by atoms with van der Waals surface area (Å²) in [5.74, 6) is 1.76. The molecule has 0 bridgehead atoms. The summed E-state index contributed by atoms with van der Waals surface area (Å²) in [7, 11) is 0. The number of fused-ring (bicyclic) bond motifs is 7. The summed E-state index contributed by atoms with van der Waals surface area (Å²) in [4.78, 5) is 4.19. The van der Waals surface area contributed by atoms with E-state index in [-0.39, 0.29) is 17.5 Å². The third-order valence-corrected chi connectivity index (χ3v) is 13.4. The Balaban J connectivity index is 1.09. The average Bonchev–Trinajstić information content (AvgIpc) is 3.73. The Labute approximate surface area is 374 Å². The lowest BCUT2D eigenvalue weighted by atomic mass is 9.34. The van der Waals surface area contributed by atoms with Crippen LogP contribution in [0.15, 0.2) is 176 Å². The highest BCUT2D eigenvalue weighted by Crippen LogP contribution is 2.47. The number of rotatable bonds is 4. The summed E-state index contributed by atoms with van der Waals surface area (Å²) in [6.45, 7) is 13.4. The first-order valence-electron chi connectivity index (χ1n) is 22.4. The van der Waals surface area contributed by atoms with Gasteiger partial charge >= 0.3 is 0 Å². The van der Waals surface area contributed by atoms with Gasteiger partial charge < -0.3 is 9.64 Å². The molecule has 64 heavy (non-hydrogen) atoms. The van der Waals surface area contributed by atoms with Crippen molar-refractivity contribution in [2.75, 3.05) is 4.90 Å². The molecule has 2 aliphatic rings. The maximum absolute atomic E-state index is 7.26. The van der Waals surface area contributed by atoms with E-state index in [9.17, 15) is 0 Å². The molecular formula is C58H47BN4O. The zero-order chi connectivity index (χ0) is 43.5. The molecule has 2 aliphatic heterocycles. The van der Waals surface area contributed by atoms with Gasteiger partial charge in [-0.1, -0.05) is 163 Å². The second-order valence-corrected chi connectivity index (χ2v) is 19.5. The zero-order valence-electron chi connectivity index (χ0n) is 37.0. The standard InChI is InChI=1S/C58H47BN4O/c1-57(2,3)38-26-28-41(29-27-38)63-60-48-34-47-50(35-49(48)61-63)62(40-19-11-8-12-20-40)51-32-39(58(4,5)6)33-53-56(51)59(47)46-30-25-37(31-52(46)64-53)55-44-23-15-13-21-42(44)54(36-17-9-7-10-18-36)43-22-14-16-24-45(43)55/h7-35H,1-6H3. The minimum Gasteiger partial charge on any atom is -0.458 e. The monoisotopic (exact) mass is 826 g/mol. The second-order valence-electron chi connectivity index (χ2n) is 19.5. The molecule has 0 atom stereocenters.